The van der Waals surface area contributed by atoms with Crippen molar-refractivity contribution in [3.63, 3.8) is 0 Å². The molecule has 4 rings (SSSR count). The van der Waals surface area contributed by atoms with Crippen molar-refractivity contribution in [1.29, 1.82) is 0 Å². The van der Waals surface area contributed by atoms with E-state index >= 15 is 0 Å². The van der Waals surface area contributed by atoms with Gasteiger partial charge in [0.15, 0.2) is 0 Å². The number of nitrogens with one attached hydrogen (secondary N) is 1. The Bertz CT molecular complexity index is 1280. The van der Waals surface area contributed by atoms with Crippen molar-refractivity contribution in [3.05, 3.63) is 53.7 Å². The minimum Gasteiger partial charge on any atom is -0.497 e. The third-order valence-electron chi connectivity index (χ3n) is 6.94. The molecular formula is C29H38N6O4. The first kappa shape index (κ1) is 28.0. The number of rotatable bonds is 12. The Morgan fingerprint density at radius 3 is 2.41 bits per heavy atom. The van der Waals surface area contributed by atoms with Crippen LogP contribution >= 0.6 is 0 Å². The van der Waals surface area contributed by atoms with Crippen LogP contribution in [-0.2, 0) is 6.54 Å². The van der Waals surface area contributed by atoms with Crippen LogP contribution in [0.5, 0.6) is 17.2 Å². The molecule has 3 aromatic rings. The van der Waals surface area contributed by atoms with Gasteiger partial charge in [-0.3, -0.25) is 9.80 Å². The lowest BCUT2D eigenvalue weighted by molar-refractivity contribution is 0.223. The van der Waals surface area contributed by atoms with Gasteiger partial charge in [-0.25, -0.2) is 9.78 Å². The molecule has 10 nitrogen and oxygen atoms in total. The Labute approximate surface area is 230 Å². The predicted molar refractivity (Wildman–Crippen MR) is 154 cm³/mol. The Balaban J connectivity index is 1.51. The van der Waals surface area contributed by atoms with Gasteiger partial charge in [-0.15, -0.1) is 0 Å². The smallest absolute Gasteiger partial charge is 0.330 e. The maximum absolute atomic E-state index is 13.6. The lowest BCUT2D eigenvalue weighted by Gasteiger charge is -2.36. The van der Waals surface area contributed by atoms with Gasteiger partial charge in [0, 0.05) is 48.2 Å². The van der Waals surface area contributed by atoms with Crippen LogP contribution in [-0.4, -0.2) is 67.9 Å². The third kappa shape index (κ3) is 6.17. The van der Waals surface area contributed by atoms with E-state index in [0.717, 1.165) is 47.9 Å². The summed E-state index contributed by atoms with van der Waals surface area (Å²) in [5, 5.41) is 3.24. The molecule has 0 unspecified atom stereocenters. The first-order chi connectivity index (χ1) is 18.9. The first-order valence-electron chi connectivity index (χ1n) is 13.3. The summed E-state index contributed by atoms with van der Waals surface area (Å²) in [5.41, 5.74) is 3.25. The van der Waals surface area contributed by atoms with Crippen LogP contribution in [0, 0.1) is 6.92 Å². The normalized spacial score (nSPS) is 12.9. The standard InChI is InChI=1S/C29H38N6O4/c1-7-33(8-2)14-15-39-23-12-10-22(11-13-23)31-28-30-18-21-19-35(29(36)34(9-3)27(21)32-28)25-16-24(37-5)17-26(38-6)20(25)4/h10-13,16-18H,7-9,14-15,19H2,1-6H3,(H,30,31,32). The van der Waals surface area contributed by atoms with Crippen LogP contribution in [0.1, 0.15) is 31.9 Å². The number of hydrogen-bond donors (Lipinski definition) is 1. The predicted octanol–water partition coefficient (Wildman–Crippen LogP) is 5.23. The number of amides is 2. The maximum atomic E-state index is 13.6. The molecule has 2 aromatic carbocycles. The van der Waals surface area contributed by atoms with Crippen LogP contribution in [0.15, 0.2) is 42.6 Å². The summed E-state index contributed by atoms with van der Waals surface area (Å²) >= 11 is 0. The summed E-state index contributed by atoms with van der Waals surface area (Å²) in [6.45, 7) is 12.5. The van der Waals surface area contributed by atoms with E-state index in [9.17, 15) is 4.79 Å². The fourth-order valence-electron chi connectivity index (χ4n) is 4.61. The molecule has 0 aliphatic carbocycles. The minimum absolute atomic E-state index is 0.167. The lowest BCUT2D eigenvalue weighted by atomic mass is 10.1. The van der Waals surface area contributed by atoms with E-state index in [1.807, 2.05) is 50.2 Å². The number of carbonyl (C=O) groups excluding carboxylic acids is 1. The van der Waals surface area contributed by atoms with Crippen LogP contribution in [0.4, 0.5) is 27.9 Å². The number of aromatic nitrogens is 2. The maximum Gasteiger partial charge on any atom is 0.330 e. The average molecular weight is 535 g/mol. The SMILES string of the molecule is CCN(CC)CCOc1ccc(Nc2ncc3c(n2)N(CC)C(=O)N(c2cc(OC)cc(OC)c2C)C3)cc1. The molecule has 1 aromatic heterocycles. The van der Waals surface area contributed by atoms with Crippen molar-refractivity contribution in [2.75, 3.05) is 62.1 Å². The molecule has 0 saturated heterocycles. The summed E-state index contributed by atoms with van der Waals surface area (Å²) < 4.78 is 16.8. The molecule has 0 saturated carbocycles. The molecule has 0 fully saturated rings. The van der Waals surface area contributed by atoms with Gasteiger partial charge in [-0.05, 0) is 51.2 Å². The highest BCUT2D eigenvalue weighted by atomic mass is 16.5. The molecule has 2 amide bonds. The third-order valence-corrected chi connectivity index (χ3v) is 6.94. The Morgan fingerprint density at radius 2 is 1.77 bits per heavy atom. The number of anilines is 4. The zero-order valence-electron chi connectivity index (χ0n) is 23.7. The summed E-state index contributed by atoms with van der Waals surface area (Å²) in [6, 6.07) is 11.2. The van der Waals surface area contributed by atoms with Crippen LogP contribution < -0.4 is 29.3 Å². The largest absolute Gasteiger partial charge is 0.497 e. The second kappa shape index (κ2) is 12.7. The molecule has 39 heavy (non-hydrogen) atoms. The molecule has 208 valence electrons. The van der Waals surface area contributed by atoms with Gasteiger partial charge < -0.3 is 24.4 Å². The fourth-order valence-corrected chi connectivity index (χ4v) is 4.61. The van der Waals surface area contributed by atoms with Crippen LogP contribution in [0.25, 0.3) is 0 Å². The zero-order chi connectivity index (χ0) is 27.9. The van der Waals surface area contributed by atoms with Gasteiger partial charge in [0.25, 0.3) is 0 Å². The van der Waals surface area contributed by atoms with Crippen molar-refractivity contribution in [2.45, 2.75) is 34.2 Å². The summed E-state index contributed by atoms with van der Waals surface area (Å²) in [7, 11) is 3.20. The number of urea groups is 1. The van der Waals surface area contributed by atoms with Crippen molar-refractivity contribution in [1.82, 2.24) is 14.9 Å². The highest BCUT2D eigenvalue weighted by Crippen LogP contribution is 2.38. The van der Waals surface area contributed by atoms with Gasteiger partial charge in [0.1, 0.15) is 29.7 Å². The molecule has 1 N–H and O–H groups in total. The lowest BCUT2D eigenvalue weighted by Crippen LogP contribution is -2.48. The quantitative estimate of drug-likeness (QED) is 0.338. The van der Waals surface area contributed by atoms with E-state index < -0.39 is 0 Å². The Hall–Kier alpha value is -4.05. The monoisotopic (exact) mass is 534 g/mol. The van der Waals surface area contributed by atoms with Crippen molar-refractivity contribution in [3.8, 4) is 17.2 Å². The molecule has 2 heterocycles. The molecule has 0 bridgehead atoms. The van der Waals surface area contributed by atoms with E-state index in [1.54, 1.807) is 30.2 Å². The van der Waals surface area contributed by atoms with Crippen molar-refractivity contribution >= 4 is 29.2 Å². The summed E-state index contributed by atoms with van der Waals surface area (Å²) in [6.07, 6.45) is 1.77. The average Bonchev–Trinajstić information content (AvgIpc) is 2.96. The number of methoxy groups -OCH3 is 2. The van der Waals surface area contributed by atoms with E-state index in [1.165, 1.54) is 0 Å². The van der Waals surface area contributed by atoms with Gasteiger partial charge in [-0.1, -0.05) is 13.8 Å². The van der Waals surface area contributed by atoms with Crippen molar-refractivity contribution < 1.29 is 19.0 Å². The Morgan fingerprint density at radius 1 is 1.03 bits per heavy atom. The number of benzene rings is 2. The summed E-state index contributed by atoms with van der Waals surface area (Å²) in [5.74, 6) is 3.10. The molecule has 0 radical (unpaired) electrons. The zero-order valence-corrected chi connectivity index (χ0v) is 23.7. The number of ether oxygens (including phenoxy) is 3. The minimum atomic E-state index is -0.167. The van der Waals surface area contributed by atoms with E-state index in [-0.39, 0.29) is 6.03 Å². The topological polar surface area (TPSA) is 92.3 Å². The van der Waals surface area contributed by atoms with Gasteiger partial charge in [-0.2, -0.15) is 4.98 Å². The van der Waals surface area contributed by atoms with Gasteiger partial charge in [0.2, 0.25) is 5.95 Å². The fraction of sp³-hybridized carbons (Fsp3) is 0.414. The molecule has 0 spiro atoms. The number of hydrogen-bond acceptors (Lipinski definition) is 8. The highest BCUT2D eigenvalue weighted by Gasteiger charge is 2.33. The van der Waals surface area contributed by atoms with E-state index in [0.29, 0.717) is 43.0 Å². The molecule has 0 atom stereocenters. The first-order valence-corrected chi connectivity index (χ1v) is 13.3. The number of nitrogens with zero attached hydrogens (tertiary/aromatic N) is 5. The van der Waals surface area contributed by atoms with Crippen LogP contribution in [0.2, 0.25) is 0 Å². The van der Waals surface area contributed by atoms with Crippen molar-refractivity contribution in [2.24, 2.45) is 0 Å². The van der Waals surface area contributed by atoms with Gasteiger partial charge in [0.05, 0.1) is 26.5 Å². The second-order valence-electron chi connectivity index (χ2n) is 9.15. The molecule has 1 aliphatic rings. The van der Waals surface area contributed by atoms with Crippen LogP contribution in [0.3, 0.4) is 0 Å². The molecular weight excluding hydrogens is 496 g/mol. The summed E-state index contributed by atoms with van der Waals surface area (Å²) in [4.78, 5) is 28.6. The van der Waals surface area contributed by atoms with Gasteiger partial charge >= 0.3 is 6.03 Å². The Kier molecular flexibility index (Phi) is 9.08. The number of fused-ring (bicyclic) bond motifs is 1. The molecule has 1 aliphatic heterocycles. The van der Waals surface area contributed by atoms with E-state index in [4.69, 9.17) is 19.2 Å². The highest BCUT2D eigenvalue weighted by molar-refractivity contribution is 6.06. The number of carbonyl (C=O) groups is 1. The van der Waals surface area contributed by atoms with E-state index in [2.05, 4.69) is 29.0 Å². The number of likely N-dealkylation sites (N-methyl/N-ethyl adjacent to an activating group) is 1. The second-order valence-corrected chi connectivity index (χ2v) is 9.15. The molecule has 10 heteroatoms.